The van der Waals surface area contributed by atoms with Crippen molar-refractivity contribution in [3.05, 3.63) is 59.2 Å². The van der Waals surface area contributed by atoms with E-state index in [9.17, 15) is 4.79 Å². The van der Waals surface area contributed by atoms with E-state index in [-0.39, 0.29) is 5.91 Å². The van der Waals surface area contributed by atoms with E-state index in [0.717, 1.165) is 43.9 Å². The molecule has 1 saturated heterocycles. The number of likely N-dealkylation sites (N-methyl/N-ethyl adjacent to an activating group) is 1. The fourth-order valence-corrected chi connectivity index (χ4v) is 3.95. The van der Waals surface area contributed by atoms with Gasteiger partial charge < -0.3 is 15.1 Å². The number of fused-ring (bicyclic) bond motifs is 1. The Balaban J connectivity index is 1.34. The van der Waals surface area contributed by atoms with E-state index < -0.39 is 0 Å². The van der Waals surface area contributed by atoms with Crippen LogP contribution in [0.4, 0.5) is 11.4 Å². The molecule has 1 heterocycles. The fourth-order valence-electron chi connectivity index (χ4n) is 3.95. The van der Waals surface area contributed by atoms with Crippen LogP contribution >= 0.6 is 0 Å². The number of benzene rings is 2. The van der Waals surface area contributed by atoms with Crippen LogP contribution in [-0.4, -0.2) is 44.0 Å². The van der Waals surface area contributed by atoms with Crippen molar-refractivity contribution in [1.29, 1.82) is 0 Å². The lowest BCUT2D eigenvalue weighted by Gasteiger charge is -2.34. The van der Waals surface area contributed by atoms with E-state index in [2.05, 4.69) is 52.5 Å². The van der Waals surface area contributed by atoms with Gasteiger partial charge in [-0.25, -0.2) is 0 Å². The molecule has 0 saturated carbocycles. The molecule has 2 aromatic carbocycles. The second kappa shape index (κ2) is 7.50. The van der Waals surface area contributed by atoms with E-state index in [0.29, 0.717) is 6.42 Å². The van der Waals surface area contributed by atoms with Gasteiger partial charge >= 0.3 is 0 Å². The maximum atomic E-state index is 12.4. The molecule has 4 rings (SSSR count). The largest absolute Gasteiger partial charge is 0.369 e. The summed E-state index contributed by atoms with van der Waals surface area (Å²) in [5.41, 5.74) is 6.08. The van der Waals surface area contributed by atoms with Crippen molar-refractivity contribution in [1.82, 2.24) is 4.90 Å². The van der Waals surface area contributed by atoms with Crippen LogP contribution in [0.15, 0.2) is 42.5 Å². The van der Waals surface area contributed by atoms with Crippen LogP contribution < -0.4 is 10.2 Å². The zero-order valence-corrected chi connectivity index (χ0v) is 15.5. The SMILES string of the molecule is CN1CCN(c2ccc(NC(=O)Cc3ccc4c(c3)CCC4)cc2)CC1. The lowest BCUT2D eigenvalue weighted by atomic mass is 10.0. The van der Waals surface area contributed by atoms with E-state index >= 15 is 0 Å². The van der Waals surface area contributed by atoms with E-state index in [4.69, 9.17) is 0 Å². The summed E-state index contributed by atoms with van der Waals surface area (Å²) in [6, 6.07) is 14.7. The van der Waals surface area contributed by atoms with Crippen molar-refractivity contribution in [2.75, 3.05) is 43.4 Å². The predicted octanol–water partition coefficient (Wildman–Crippen LogP) is 3.11. The van der Waals surface area contributed by atoms with Gasteiger partial charge in [0.05, 0.1) is 6.42 Å². The van der Waals surface area contributed by atoms with Crippen LogP contribution in [0.25, 0.3) is 0 Å². The highest BCUT2D eigenvalue weighted by Crippen LogP contribution is 2.23. The molecule has 26 heavy (non-hydrogen) atoms. The van der Waals surface area contributed by atoms with Crippen molar-refractivity contribution in [2.45, 2.75) is 25.7 Å². The average Bonchev–Trinajstić information content (AvgIpc) is 3.11. The molecule has 136 valence electrons. The smallest absolute Gasteiger partial charge is 0.228 e. The van der Waals surface area contributed by atoms with Gasteiger partial charge in [0, 0.05) is 37.6 Å². The molecule has 0 radical (unpaired) electrons. The van der Waals surface area contributed by atoms with E-state index in [1.165, 1.54) is 29.7 Å². The third-order valence-electron chi connectivity index (χ3n) is 5.55. The lowest BCUT2D eigenvalue weighted by Crippen LogP contribution is -2.44. The van der Waals surface area contributed by atoms with Crippen LogP contribution in [0.1, 0.15) is 23.1 Å². The van der Waals surface area contributed by atoms with E-state index in [1.54, 1.807) is 0 Å². The van der Waals surface area contributed by atoms with Gasteiger partial charge in [0.25, 0.3) is 0 Å². The van der Waals surface area contributed by atoms with Gasteiger partial charge in [-0.05, 0) is 67.3 Å². The zero-order chi connectivity index (χ0) is 17.9. The Morgan fingerprint density at radius 1 is 0.962 bits per heavy atom. The first kappa shape index (κ1) is 17.1. The van der Waals surface area contributed by atoms with Crippen LogP contribution in [0.5, 0.6) is 0 Å². The highest BCUT2D eigenvalue weighted by atomic mass is 16.1. The van der Waals surface area contributed by atoms with Crippen LogP contribution in [0.3, 0.4) is 0 Å². The van der Waals surface area contributed by atoms with Crippen LogP contribution in [-0.2, 0) is 24.1 Å². The van der Waals surface area contributed by atoms with Gasteiger partial charge in [-0.1, -0.05) is 18.2 Å². The third kappa shape index (κ3) is 3.91. The normalized spacial score (nSPS) is 17.2. The quantitative estimate of drug-likeness (QED) is 0.921. The van der Waals surface area contributed by atoms with Gasteiger partial charge in [0.15, 0.2) is 0 Å². The zero-order valence-electron chi connectivity index (χ0n) is 15.5. The predicted molar refractivity (Wildman–Crippen MR) is 107 cm³/mol. The number of anilines is 2. The number of piperazine rings is 1. The standard InChI is InChI=1S/C22H27N3O/c1-24-11-13-25(14-12-24)21-9-7-20(8-10-21)23-22(26)16-17-5-6-18-3-2-4-19(18)15-17/h5-10,15H,2-4,11-14,16H2,1H3,(H,23,26). The number of aryl methyl sites for hydroxylation is 2. The second-order valence-corrected chi connectivity index (χ2v) is 7.52. The Kier molecular flexibility index (Phi) is 4.93. The Morgan fingerprint density at radius 3 is 2.46 bits per heavy atom. The number of nitrogens with one attached hydrogen (secondary N) is 1. The topological polar surface area (TPSA) is 35.6 Å². The van der Waals surface area contributed by atoms with Crippen molar-refractivity contribution in [2.24, 2.45) is 0 Å². The highest BCUT2D eigenvalue weighted by molar-refractivity contribution is 5.92. The van der Waals surface area contributed by atoms with Crippen molar-refractivity contribution < 1.29 is 4.79 Å². The Hall–Kier alpha value is -2.33. The number of carbonyl (C=O) groups excluding carboxylic acids is 1. The Morgan fingerprint density at radius 2 is 1.69 bits per heavy atom. The summed E-state index contributed by atoms with van der Waals surface area (Å²) in [5.74, 6) is 0.0512. The van der Waals surface area contributed by atoms with Crippen LogP contribution in [0.2, 0.25) is 0 Å². The molecular weight excluding hydrogens is 322 g/mol. The summed E-state index contributed by atoms with van der Waals surface area (Å²) in [7, 11) is 2.16. The molecule has 0 bridgehead atoms. The number of hydrogen-bond acceptors (Lipinski definition) is 3. The molecule has 4 heteroatoms. The number of amides is 1. The van der Waals surface area contributed by atoms with Gasteiger partial charge in [-0.2, -0.15) is 0 Å². The summed E-state index contributed by atoms with van der Waals surface area (Å²) in [6.45, 7) is 4.31. The van der Waals surface area contributed by atoms with Crippen molar-refractivity contribution in [3.63, 3.8) is 0 Å². The van der Waals surface area contributed by atoms with Crippen molar-refractivity contribution in [3.8, 4) is 0 Å². The van der Waals surface area contributed by atoms with Crippen LogP contribution in [0, 0.1) is 0 Å². The van der Waals surface area contributed by atoms with E-state index in [1.807, 2.05) is 12.1 Å². The molecule has 0 aromatic heterocycles. The van der Waals surface area contributed by atoms with Gasteiger partial charge in [0.2, 0.25) is 5.91 Å². The maximum absolute atomic E-state index is 12.4. The first-order chi connectivity index (χ1) is 12.7. The molecule has 1 N–H and O–H groups in total. The van der Waals surface area contributed by atoms with Gasteiger partial charge in [-0.3, -0.25) is 4.79 Å². The second-order valence-electron chi connectivity index (χ2n) is 7.52. The number of hydrogen-bond donors (Lipinski definition) is 1. The molecule has 2 aliphatic rings. The van der Waals surface area contributed by atoms with Crippen molar-refractivity contribution >= 4 is 17.3 Å². The summed E-state index contributed by atoms with van der Waals surface area (Å²) in [4.78, 5) is 17.1. The molecule has 0 spiro atoms. The Labute approximate surface area is 155 Å². The van der Waals surface area contributed by atoms with Gasteiger partial charge in [0.1, 0.15) is 0 Å². The van der Waals surface area contributed by atoms with Gasteiger partial charge in [-0.15, -0.1) is 0 Å². The molecule has 1 amide bonds. The minimum atomic E-state index is 0.0512. The number of carbonyl (C=O) groups is 1. The first-order valence-corrected chi connectivity index (χ1v) is 9.61. The minimum Gasteiger partial charge on any atom is -0.369 e. The first-order valence-electron chi connectivity index (χ1n) is 9.61. The summed E-state index contributed by atoms with van der Waals surface area (Å²) < 4.78 is 0. The average molecular weight is 349 g/mol. The molecule has 1 aliphatic heterocycles. The maximum Gasteiger partial charge on any atom is 0.228 e. The number of nitrogens with zero attached hydrogens (tertiary/aromatic N) is 2. The minimum absolute atomic E-state index is 0.0512. The molecule has 0 atom stereocenters. The highest BCUT2D eigenvalue weighted by Gasteiger charge is 2.15. The molecule has 1 aliphatic carbocycles. The Bertz CT molecular complexity index is 776. The number of rotatable bonds is 4. The molecule has 2 aromatic rings. The molecule has 4 nitrogen and oxygen atoms in total. The lowest BCUT2D eigenvalue weighted by molar-refractivity contribution is -0.115. The monoisotopic (exact) mass is 349 g/mol. The summed E-state index contributed by atoms with van der Waals surface area (Å²) in [5, 5.41) is 3.03. The molecule has 0 unspecified atom stereocenters. The summed E-state index contributed by atoms with van der Waals surface area (Å²) >= 11 is 0. The molecular formula is C22H27N3O. The molecule has 1 fully saturated rings. The third-order valence-corrected chi connectivity index (χ3v) is 5.55. The fraction of sp³-hybridized carbons (Fsp3) is 0.409. The summed E-state index contributed by atoms with van der Waals surface area (Å²) in [6.07, 6.45) is 4.01.